The van der Waals surface area contributed by atoms with Crippen molar-refractivity contribution < 1.29 is 9.53 Å². The van der Waals surface area contributed by atoms with Gasteiger partial charge < -0.3 is 19.9 Å². The summed E-state index contributed by atoms with van der Waals surface area (Å²) in [5.74, 6) is 0.671. The second kappa shape index (κ2) is 8.76. The number of para-hydroxylation sites is 1. The van der Waals surface area contributed by atoms with E-state index in [0.717, 1.165) is 44.9 Å². The smallest absolute Gasteiger partial charge is 0.260 e. The fraction of sp³-hybridized carbons (Fsp3) is 0.588. The summed E-state index contributed by atoms with van der Waals surface area (Å²) in [6.45, 7) is 8.04. The number of carbonyl (C=O) groups is 1. The van der Waals surface area contributed by atoms with Gasteiger partial charge in [-0.05, 0) is 39.1 Å². The molecule has 0 unspecified atom stereocenters. The Morgan fingerprint density at radius 1 is 1.23 bits per heavy atom. The summed E-state index contributed by atoms with van der Waals surface area (Å²) in [5, 5.41) is 2.95. The molecule has 1 aliphatic rings. The lowest BCUT2D eigenvalue weighted by Gasteiger charge is -2.32. The molecule has 5 heteroatoms. The van der Waals surface area contributed by atoms with Crippen molar-refractivity contribution in [1.29, 1.82) is 0 Å². The summed E-state index contributed by atoms with van der Waals surface area (Å²) in [6.07, 6.45) is 0.513. The van der Waals surface area contributed by atoms with Crippen LogP contribution in [0.15, 0.2) is 30.3 Å². The van der Waals surface area contributed by atoms with Gasteiger partial charge in [0.1, 0.15) is 5.75 Å². The topological polar surface area (TPSA) is 44.8 Å². The zero-order valence-electron chi connectivity index (χ0n) is 13.6. The third-order valence-electron chi connectivity index (χ3n) is 3.97. The molecule has 1 aromatic carbocycles. The molecule has 122 valence electrons. The molecule has 0 bridgehead atoms. The number of rotatable bonds is 7. The maximum atomic E-state index is 12.0. The molecular formula is C17H27N3O2. The minimum atomic E-state index is -0.467. The minimum Gasteiger partial charge on any atom is -0.481 e. The summed E-state index contributed by atoms with van der Waals surface area (Å²) in [5.41, 5.74) is 0. The van der Waals surface area contributed by atoms with Gasteiger partial charge in [0.15, 0.2) is 6.10 Å². The van der Waals surface area contributed by atoms with Crippen LogP contribution in [-0.4, -0.2) is 68.1 Å². The molecule has 0 radical (unpaired) electrons. The van der Waals surface area contributed by atoms with E-state index in [2.05, 4.69) is 22.2 Å². The molecule has 1 fully saturated rings. The van der Waals surface area contributed by atoms with Gasteiger partial charge in [-0.2, -0.15) is 0 Å². The van der Waals surface area contributed by atoms with Crippen molar-refractivity contribution >= 4 is 5.91 Å². The van der Waals surface area contributed by atoms with E-state index in [4.69, 9.17) is 4.74 Å². The van der Waals surface area contributed by atoms with Crippen LogP contribution in [0.25, 0.3) is 0 Å². The molecule has 1 aromatic rings. The van der Waals surface area contributed by atoms with E-state index in [-0.39, 0.29) is 5.91 Å². The zero-order valence-corrected chi connectivity index (χ0v) is 13.6. The third kappa shape index (κ3) is 5.66. The molecule has 0 aliphatic carbocycles. The fourth-order valence-corrected chi connectivity index (χ4v) is 2.49. The molecule has 1 aliphatic heterocycles. The molecule has 0 spiro atoms. The number of hydrogen-bond donors (Lipinski definition) is 1. The molecule has 0 aromatic heterocycles. The molecule has 22 heavy (non-hydrogen) atoms. The summed E-state index contributed by atoms with van der Waals surface area (Å²) in [6, 6.07) is 9.44. The van der Waals surface area contributed by atoms with Crippen LogP contribution < -0.4 is 10.1 Å². The minimum absolute atomic E-state index is 0.0535. The monoisotopic (exact) mass is 305 g/mol. The number of nitrogens with one attached hydrogen (secondary N) is 1. The van der Waals surface area contributed by atoms with E-state index in [1.165, 1.54) is 0 Å². The van der Waals surface area contributed by atoms with Gasteiger partial charge in [-0.25, -0.2) is 0 Å². The van der Waals surface area contributed by atoms with E-state index in [0.29, 0.717) is 6.54 Å². The number of carbonyl (C=O) groups excluding carboxylic acids is 1. The molecule has 1 atom stereocenters. The van der Waals surface area contributed by atoms with Gasteiger partial charge >= 0.3 is 0 Å². The summed E-state index contributed by atoms with van der Waals surface area (Å²) >= 11 is 0. The molecule has 2 rings (SSSR count). The maximum Gasteiger partial charge on any atom is 0.260 e. The van der Waals surface area contributed by atoms with Crippen molar-refractivity contribution in [2.45, 2.75) is 19.4 Å². The first-order chi connectivity index (χ1) is 10.6. The van der Waals surface area contributed by atoms with Gasteiger partial charge in [0.2, 0.25) is 0 Å². The first-order valence-electron chi connectivity index (χ1n) is 8.05. The fourth-order valence-electron chi connectivity index (χ4n) is 2.49. The number of benzene rings is 1. The van der Waals surface area contributed by atoms with Crippen molar-refractivity contribution in [1.82, 2.24) is 15.1 Å². The van der Waals surface area contributed by atoms with E-state index < -0.39 is 6.10 Å². The van der Waals surface area contributed by atoms with Crippen LogP contribution in [0.4, 0.5) is 0 Å². The van der Waals surface area contributed by atoms with Gasteiger partial charge in [-0.15, -0.1) is 0 Å². The van der Waals surface area contributed by atoms with Crippen LogP contribution >= 0.6 is 0 Å². The Hall–Kier alpha value is -1.59. The van der Waals surface area contributed by atoms with E-state index in [1.807, 2.05) is 30.3 Å². The standard InChI is InChI=1S/C17H27N3O2/c1-15(22-16-7-4-3-5-8-16)17(21)18-9-6-10-20-13-11-19(2)12-14-20/h3-5,7-8,15H,6,9-14H2,1-2H3,(H,18,21)/t15-/m1/s1. The van der Waals surface area contributed by atoms with Crippen LogP contribution in [-0.2, 0) is 4.79 Å². The Bertz CT molecular complexity index is 444. The van der Waals surface area contributed by atoms with Crippen LogP contribution in [0.2, 0.25) is 0 Å². The first kappa shape index (κ1) is 16.8. The average Bonchev–Trinajstić information content (AvgIpc) is 2.54. The Morgan fingerprint density at radius 2 is 1.91 bits per heavy atom. The van der Waals surface area contributed by atoms with Gasteiger partial charge in [0.05, 0.1) is 0 Å². The predicted molar refractivity (Wildman–Crippen MR) is 88.1 cm³/mol. The summed E-state index contributed by atoms with van der Waals surface area (Å²) in [4.78, 5) is 16.8. The van der Waals surface area contributed by atoms with Crippen LogP contribution in [0.5, 0.6) is 5.75 Å². The highest BCUT2D eigenvalue weighted by molar-refractivity contribution is 5.80. The highest BCUT2D eigenvalue weighted by Crippen LogP contribution is 2.10. The second-order valence-corrected chi connectivity index (χ2v) is 5.86. The average molecular weight is 305 g/mol. The Balaban J connectivity index is 1.59. The van der Waals surface area contributed by atoms with Gasteiger partial charge in [-0.1, -0.05) is 18.2 Å². The number of hydrogen-bond acceptors (Lipinski definition) is 4. The molecule has 1 N–H and O–H groups in total. The van der Waals surface area contributed by atoms with Crippen molar-refractivity contribution in [3.8, 4) is 5.75 Å². The lowest BCUT2D eigenvalue weighted by molar-refractivity contribution is -0.127. The van der Waals surface area contributed by atoms with Crippen molar-refractivity contribution in [3.05, 3.63) is 30.3 Å². The molecule has 5 nitrogen and oxygen atoms in total. The van der Waals surface area contributed by atoms with Gasteiger partial charge in [0, 0.05) is 32.7 Å². The quantitative estimate of drug-likeness (QED) is 0.769. The molecule has 1 amide bonds. The second-order valence-electron chi connectivity index (χ2n) is 5.86. The lowest BCUT2D eigenvalue weighted by atomic mass is 10.3. The van der Waals surface area contributed by atoms with Gasteiger partial charge in [-0.3, -0.25) is 4.79 Å². The van der Waals surface area contributed by atoms with E-state index >= 15 is 0 Å². The highest BCUT2D eigenvalue weighted by Gasteiger charge is 2.15. The SMILES string of the molecule is C[C@@H](Oc1ccccc1)C(=O)NCCCN1CCN(C)CC1. The van der Waals surface area contributed by atoms with Crippen molar-refractivity contribution in [2.75, 3.05) is 46.3 Å². The van der Waals surface area contributed by atoms with Crippen molar-refractivity contribution in [3.63, 3.8) is 0 Å². The maximum absolute atomic E-state index is 12.0. The summed E-state index contributed by atoms with van der Waals surface area (Å²) in [7, 11) is 2.16. The van der Waals surface area contributed by atoms with Crippen LogP contribution in [0.1, 0.15) is 13.3 Å². The number of piperazine rings is 1. The predicted octanol–water partition coefficient (Wildman–Crippen LogP) is 1.21. The largest absolute Gasteiger partial charge is 0.481 e. The summed E-state index contributed by atoms with van der Waals surface area (Å²) < 4.78 is 5.61. The van der Waals surface area contributed by atoms with E-state index in [9.17, 15) is 4.79 Å². The first-order valence-corrected chi connectivity index (χ1v) is 8.05. The van der Waals surface area contributed by atoms with Crippen molar-refractivity contribution in [2.24, 2.45) is 0 Å². The third-order valence-corrected chi connectivity index (χ3v) is 3.97. The van der Waals surface area contributed by atoms with E-state index in [1.54, 1.807) is 6.92 Å². The number of likely N-dealkylation sites (N-methyl/N-ethyl adjacent to an activating group) is 1. The molecule has 0 saturated carbocycles. The number of ether oxygens (including phenoxy) is 1. The Kier molecular flexibility index (Phi) is 6.68. The van der Waals surface area contributed by atoms with Crippen LogP contribution in [0, 0.1) is 0 Å². The van der Waals surface area contributed by atoms with Crippen LogP contribution in [0.3, 0.4) is 0 Å². The molecule has 1 heterocycles. The van der Waals surface area contributed by atoms with Gasteiger partial charge in [0.25, 0.3) is 5.91 Å². The zero-order chi connectivity index (χ0) is 15.8. The lowest BCUT2D eigenvalue weighted by Crippen LogP contribution is -2.45. The molecule has 1 saturated heterocycles. The highest BCUT2D eigenvalue weighted by atomic mass is 16.5. The molecular weight excluding hydrogens is 278 g/mol. The Morgan fingerprint density at radius 3 is 2.59 bits per heavy atom. The Labute approximate surface area is 133 Å². The number of amides is 1. The normalized spacial score (nSPS) is 17.9. The number of nitrogens with zero attached hydrogens (tertiary/aromatic N) is 2.